The quantitative estimate of drug-likeness (QED) is 0.726. The molecule has 1 saturated heterocycles. The number of rotatable bonds is 4. The zero-order chi connectivity index (χ0) is 19.0. The lowest BCUT2D eigenvalue weighted by atomic mass is 10.1. The Hall–Kier alpha value is -3.15. The maximum atomic E-state index is 12.7. The average molecular weight is 362 g/mol. The van der Waals surface area contributed by atoms with Gasteiger partial charge in [-0.2, -0.15) is 0 Å². The van der Waals surface area contributed by atoms with Crippen molar-refractivity contribution in [1.29, 1.82) is 0 Å². The standard InChI is InChI=1S/C21H22N4O2/c1-14-7-9-15(10-8-14)25-12-11-16(21(25)27)20(26)22-13-19-23-17-5-3-4-6-18(17)24(19)2/h3-10,16H,11-13H2,1-2H3,(H,22,26). The summed E-state index contributed by atoms with van der Waals surface area (Å²) in [5.74, 6) is -0.241. The molecule has 2 amide bonds. The first-order chi connectivity index (χ1) is 13.0. The zero-order valence-electron chi connectivity index (χ0n) is 15.5. The summed E-state index contributed by atoms with van der Waals surface area (Å²) in [7, 11) is 1.93. The molecule has 1 N–H and O–H groups in total. The maximum absolute atomic E-state index is 12.7. The summed E-state index contributed by atoms with van der Waals surface area (Å²) in [5, 5.41) is 2.88. The van der Waals surface area contributed by atoms with Gasteiger partial charge in [0.1, 0.15) is 11.7 Å². The van der Waals surface area contributed by atoms with E-state index < -0.39 is 5.92 Å². The summed E-state index contributed by atoms with van der Waals surface area (Å²) in [6.45, 7) is 2.87. The molecule has 1 unspecified atom stereocenters. The highest BCUT2D eigenvalue weighted by atomic mass is 16.2. The highest BCUT2D eigenvalue weighted by molar-refractivity contribution is 6.09. The smallest absolute Gasteiger partial charge is 0.239 e. The van der Waals surface area contributed by atoms with E-state index in [2.05, 4.69) is 10.3 Å². The molecule has 0 bridgehead atoms. The number of anilines is 1. The van der Waals surface area contributed by atoms with E-state index in [9.17, 15) is 9.59 Å². The monoisotopic (exact) mass is 362 g/mol. The SMILES string of the molecule is Cc1ccc(N2CCC(C(=O)NCc3nc4ccccc4n3C)C2=O)cc1. The Bertz CT molecular complexity index is 1010. The third kappa shape index (κ3) is 3.18. The van der Waals surface area contributed by atoms with Gasteiger partial charge < -0.3 is 14.8 Å². The van der Waals surface area contributed by atoms with Crippen molar-refractivity contribution in [2.24, 2.45) is 13.0 Å². The van der Waals surface area contributed by atoms with E-state index in [4.69, 9.17) is 0 Å². The van der Waals surface area contributed by atoms with Crippen molar-refractivity contribution in [2.75, 3.05) is 11.4 Å². The van der Waals surface area contributed by atoms with Crippen molar-refractivity contribution in [3.8, 4) is 0 Å². The molecule has 2 aromatic carbocycles. The Kier molecular flexibility index (Phi) is 4.39. The summed E-state index contributed by atoms with van der Waals surface area (Å²) in [4.78, 5) is 31.5. The highest BCUT2D eigenvalue weighted by Gasteiger charge is 2.37. The molecule has 2 heterocycles. The molecule has 4 rings (SSSR count). The topological polar surface area (TPSA) is 67.2 Å². The fraction of sp³-hybridized carbons (Fsp3) is 0.286. The highest BCUT2D eigenvalue weighted by Crippen LogP contribution is 2.25. The fourth-order valence-corrected chi connectivity index (χ4v) is 3.55. The van der Waals surface area contributed by atoms with Crippen LogP contribution in [-0.4, -0.2) is 27.9 Å². The molecule has 138 valence electrons. The first-order valence-corrected chi connectivity index (χ1v) is 9.10. The van der Waals surface area contributed by atoms with Crippen LogP contribution in [0.2, 0.25) is 0 Å². The minimum atomic E-state index is -0.638. The van der Waals surface area contributed by atoms with Gasteiger partial charge in [-0.25, -0.2) is 4.98 Å². The van der Waals surface area contributed by atoms with Gasteiger partial charge in [0.05, 0.1) is 17.6 Å². The number of benzene rings is 2. The molecule has 27 heavy (non-hydrogen) atoms. The molecule has 1 aromatic heterocycles. The lowest BCUT2D eigenvalue weighted by Gasteiger charge is -2.17. The molecule has 0 spiro atoms. The van der Waals surface area contributed by atoms with E-state index >= 15 is 0 Å². The van der Waals surface area contributed by atoms with Crippen LogP contribution in [0.15, 0.2) is 48.5 Å². The van der Waals surface area contributed by atoms with E-state index in [0.29, 0.717) is 19.5 Å². The first kappa shape index (κ1) is 17.3. The maximum Gasteiger partial charge on any atom is 0.239 e. The molecular formula is C21H22N4O2. The fourth-order valence-electron chi connectivity index (χ4n) is 3.55. The van der Waals surface area contributed by atoms with Gasteiger partial charge >= 0.3 is 0 Å². The van der Waals surface area contributed by atoms with Gasteiger partial charge in [-0.1, -0.05) is 29.8 Å². The largest absolute Gasteiger partial charge is 0.348 e. The van der Waals surface area contributed by atoms with Gasteiger partial charge in [0.25, 0.3) is 0 Å². The first-order valence-electron chi connectivity index (χ1n) is 9.10. The van der Waals surface area contributed by atoms with Crippen LogP contribution < -0.4 is 10.2 Å². The number of para-hydroxylation sites is 2. The van der Waals surface area contributed by atoms with Gasteiger partial charge in [0.15, 0.2) is 0 Å². The summed E-state index contributed by atoms with van der Waals surface area (Å²) in [6, 6.07) is 15.6. The molecule has 6 heteroatoms. The number of hydrogen-bond donors (Lipinski definition) is 1. The zero-order valence-corrected chi connectivity index (χ0v) is 15.5. The summed E-state index contributed by atoms with van der Waals surface area (Å²) < 4.78 is 1.96. The average Bonchev–Trinajstić information content (AvgIpc) is 3.21. The summed E-state index contributed by atoms with van der Waals surface area (Å²) in [5.41, 5.74) is 3.90. The molecule has 1 aliphatic rings. The third-order valence-corrected chi connectivity index (χ3v) is 5.17. The van der Waals surface area contributed by atoms with Gasteiger partial charge in [0.2, 0.25) is 11.8 Å². The Balaban J connectivity index is 1.43. The van der Waals surface area contributed by atoms with Crippen LogP contribution in [0.1, 0.15) is 17.8 Å². The number of imidazole rings is 1. The Labute approximate surface area is 157 Å². The van der Waals surface area contributed by atoms with Crippen LogP contribution in [0.5, 0.6) is 0 Å². The number of nitrogens with zero attached hydrogens (tertiary/aromatic N) is 3. The Morgan fingerprint density at radius 2 is 1.93 bits per heavy atom. The molecule has 6 nitrogen and oxygen atoms in total. The van der Waals surface area contributed by atoms with Crippen LogP contribution in [0.4, 0.5) is 5.69 Å². The number of aromatic nitrogens is 2. The molecule has 0 saturated carbocycles. The number of aryl methyl sites for hydroxylation is 2. The van der Waals surface area contributed by atoms with Crippen LogP contribution in [0, 0.1) is 12.8 Å². The van der Waals surface area contributed by atoms with E-state index in [1.54, 1.807) is 4.90 Å². The minimum Gasteiger partial charge on any atom is -0.348 e. The van der Waals surface area contributed by atoms with Gasteiger partial charge in [-0.3, -0.25) is 9.59 Å². The number of fused-ring (bicyclic) bond motifs is 1. The number of hydrogen-bond acceptors (Lipinski definition) is 3. The van der Waals surface area contributed by atoms with Gasteiger partial charge in [-0.05, 0) is 37.6 Å². The van der Waals surface area contributed by atoms with E-state index in [-0.39, 0.29) is 11.8 Å². The molecule has 1 atom stereocenters. The second-order valence-corrected chi connectivity index (χ2v) is 6.96. The third-order valence-electron chi connectivity index (χ3n) is 5.17. The second kappa shape index (κ2) is 6.87. The van der Waals surface area contributed by atoms with Crippen molar-refractivity contribution in [2.45, 2.75) is 19.9 Å². The molecule has 0 radical (unpaired) electrons. The van der Waals surface area contributed by atoms with Crippen molar-refractivity contribution < 1.29 is 9.59 Å². The Morgan fingerprint density at radius 3 is 2.67 bits per heavy atom. The van der Waals surface area contributed by atoms with Gasteiger partial charge in [-0.15, -0.1) is 0 Å². The van der Waals surface area contributed by atoms with Crippen LogP contribution in [0.25, 0.3) is 11.0 Å². The molecule has 3 aromatic rings. The van der Waals surface area contributed by atoms with Crippen molar-refractivity contribution in [3.05, 3.63) is 59.9 Å². The van der Waals surface area contributed by atoms with Crippen molar-refractivity contribution >= 4 is 28.5 Å². The lowest BCUT2D eigenvalue weighted by molar-refractivity contribution is -0.132. The molecule has 0 aliphatic carbocycles. The van der Waals surface area contributed by atoms with E-state index in [0.717, 1.165) is 28.1 Å². The van der Waals surface area contributed by atoms with E-state index in [1.165, 1.54) is 0 Å². The van der Waals surface area contributed by atoms with Gasteiger partial charge in [0, 0.05) is 19.3 Å². The Morgan fingerprint density at radius 1 is 1.19 bits per heavy atom. The van der Waals surface area contributed by atoms with Crippen molar-refractivity contribution in [3.63, 3.8) is 0 Å². The summed E-state index contributed by atoms with van der Waals surface area (Å²) >= 11 is 0. The number of carbonyl (C=O) groups is 2. The molecule has 1 fully saturated rings. The number of carbonyl (C=O) groups excluding carboxylic acids is 2. The normalized spacial score (nSPS) is 16.9. The number of amides is 2. The second-order valence-electron chi connectivity index (χ2n) is 6.96. The summed E-state index contributed by atoms with van der Waals surface area (Å²) in [6.07, 6.45) is 0.529. The predicted molar refractivity (Wildman–Crippen MR) is 104 cm³/mol. The molecular weight excluding hydrogens is 340 g/mol. The van der Waals surface area contributed by atoms with Crippen molar-refractivity contribution in [1.82, 2.24) is 14.9 Å². The lowest BCUT2D eigenvalue weighted by Crippen LogP contribution is -2.37. The number of nitrogens with one attached hydrogen (secondary N) is 1. The van der Waals surface area contributed by atoms with E-state index in [1.807, 2.05) is 67.1 Å². The van der Waals surface area contributed by atoms with Crippen LogP contribution in [-0.2, 0) is 23.2 Å². The minimum absolute atomic E-state index is 0.138. The predicted octanol–water partition coefficient (Wildman–Crippen LogP) is 2.55. The van der Waals surface area contributed by atoms with Crippen LogP contribution in [0.3, 0.4) is 0 Å². The molecule has 1 aliphatic heterocycles. The van der Waals surface area contributed by atoms with Crippen LogP contribution >= 0.6 is 0 Å².